The Balaban J connectivity index is 1.74. The van der Waals surface area contributed by atoms with E-state index in [4.69, 9.17) is 16.3 Å². The number of halogens is 1. The van der Waals surface area contributed by atoms with Crippen LogP contribution in [0.5, 0.6) is 0 Å². The number of likely N-dealkylation sites (tertiary alicyclic amines) is 1. The van der Waals surface area contributed by atoms with E-state index in [1.807, 2.05) is 31.3 Å². The van der Waals surface area contributed by atoms with Crippen LogP contribution < -0.4 is 0 Å². The van der Waals surface area contributed by atoms with Crippen molar-refractivity contribution in [3.8, 4) is 0 Å². The largest absolute Gasteiger partial charge is 0.368 e. The fourth-order valence-corrected chi connectivity index (χ4v) is 3.14. The fraction of sp³-hybridized carbons (Fsp3) is 0.353. The van der Waals surface area contributed by atoms with Crippen LogP contribution in [0.25, 0.3) is 6.08 Å². The van der Waals surface area contributed by atoms with Gasteiger partial charge in [-0.1, -0.05) is 35.0 Å². The molecule has 0 atom stereocenters. The zero-order valence-electron chi connectivity index (χ0n) is 13.9. The molecule has 1 aromatic carbocycles. The van der Waals surface area contributed by atoms with Crippen LogP contribution in [0, 0.1) is 0 Å². The maximum atomic E-state index is 12.6. The van der Waals surface area contributed by atoms with Crippen molar-refractivity contribution < 1.29 is 9.53 Å². The Morgan fingerprint density at radius 2 is 2.08 bits per heavy atom. The van der Waals surface area contributed by atoms with Crippen molar-refractivity contribution in [2.75, 3.05) is 20.2 Å². The first kappa shape index (κ1) is 16.7. The molecule has 0 unspecified atom stereocenters. The molecule has 1 aliphatic rings. The summed E-state index contributed by atoms with van der Waals surface area (Å²) < 4.78 is 7.34. The van der Waals surface area contributed by atoms with Crippen LogP contribution in [0.2, 0.25) is 5.02 Å². The zero-order valence-corrected chi connectivity index (χ0v) is 14.6. The molecule has 2 heterocycles. The van der Waals surface area contributed by atoms with Gasteiger partial charge in [-0.3, -0.25) is 4.79 Å². The highest BCUT2D eigenvalue weighted by Gasteiger charge is 2.49. The third-order valence-electron chi connectivity index (χ3n) is 4.37. The van der Waals surface area contributed by atoms with Crippen molar-refractivity contribution in [1.82, 2.24) is 19.9 Å². The molecule has 126 valence electrons. The lowest BCUT2D eigenvalue weighted by Gasteiger charge is -2.48. The molecule has 0 radical (unpaired) electrons. The number of methoxy groups -OCH3 is 1. The number of carbonyl (C=O) groups excluding carboxylic acids is 1. The predicted molar refractivity (Wildman–Crippen MR) is 91.4 cm³/mol. The molecule has 6 nitrogen and oxygen atoms in total. The molecule has 0 saturated carbocycles. The first-order chi connectivity index (χ1) is 11.5. The summed E-state index contributed by atoms with van der Waals surface area (Å²) in [5, 5.41) is 8.46. The summed E-state index contributed by atoms with van der Waals surface area (Å²) >= 11 is 6.15. The van der Waals surface area contributed by atoms with E-state index in [0.29, 0.717) is 23.7 Å². The number of amides is 1. The standard InChI is InChI=1S/C17H19ClN4O2/c1-12(8-13-6-4-5-7-14(13)18)16(23)22-10-17(11-22,24-3)15-9-19-20-21(15)2/h4-9H,10-11H2,1-3H3/b12-8+. The number of hydrogen-bond donors (Lipinski definition) is 0. The van der Waals surface area contributed by atoms with Crippen LogP contribution in [0.15, 0.2) is 36.0 Å². The summed E-state index contributed by atoms with van der Waals surface area (Å²) in [6, 6.07) is 7.45. The van der Waals surface area contributed by atoms with E-state index in [9.17, 15) is 4.79 Å². The molecule has 1 aliphatic heterocycles. The average Bonchev–Trinajstić information content (AvgIpc) is 2.95. The van der Waals surface area contributed by atoms with E-state index in [-0.39, 0.29) is 5.91 Å². The molecule has 0 aliphatic carbocycles. The van der Waals surface area contributed by atoms with E-state index in [1.165, 1.54) is 0 Å². The van der Waals surface area contributed by atoms with Crippen molar-refractivity contribution in [3.05, 3.63) is 52.3 Å². The Labute approximate surface area is 145 Å². The van der Waals surface area contributed by atoms with E-state index in [1.54, 1.807) is 35.9 Å². The highest BCUT2D eigenvalue weighted by atomic mass is 35.5. The third kappa shape index (κ3) is 2.83. The molecule has 0 spiro atoms. The number of aromatic nitrogens is 3. The Bertz CT molecular complexity index is 793. The number of carbonyl (C=O) groups is 1. The van der Waals surface area contributed by atoms with Gasteiger partial charge in [0.2, 0.25) is 5.91 Å². The summed E-state index contributed by atoms with van der Waals surface area (Å²) in [6.45, 7) is 2.73. The highest BCUT2D eigenvalue weighted by molar-refractivity contribution is 6.32. The molecule has 1 fully saturated rings. The maximum Gasteiger partial charge on any atom is 0.249 e. The molecule has 7 heteroatoms. The number of rotatable bonds is 4. The van der Waals surface area contributed by atoms with Gasteiger partial charge in [-0.25, -0.2) is 4.68 Å². The molecular weight excluding hydrogens is 328 g/mol. The van der Waals surface area contributed by atoms with Crippen LogP contribution in [-0.2, 0) is 22.2 Å². The van der Waals surface area contributed by atoms with Crippen LogP contribution in [-0.4, -0.2) is 46.0 Å². The number of benzene rings is 1. The van der Waals surface area contributed by atoms with Gasteiger partial charge in [-0.15, -0.1) is 5.10 Å². The second-order valence-electron chi connectivity index (χ2n) is 5.95. The van der Waals surface area contributed by atoms with E-state index < -0.39 is 5.60 Å². The normalized spacial score (nSPS) is 16.8. The number of ether oxygens (including phenoxy) is 1. The lowest BCUT2D eigenvalue weighted by molar-refractivity contribution is -0.162. The van der Waals surface area contributed by atoms with Gasteiger partial charge in [-0.2, -0.15) is 0 Å². The zero-order chi connectivity index (χ0) is 17.3. The van der Waals surface area contributed by atoms with Gasteiger partial charge in [0.15, 0.2) is 0 Å². The summed E-state index contributed by atoms with van der Waals surface area (Å²) in [5.74, 6) is -0.0299. The Morgan fingerprint density at radius 1 is 1.38 bits per heavy atom. The molecule has 24 heavy (non-hydrogen) atoms. The Morgan fingerprint density at radius 3 is 2.67 bits per heavy atom. The van der Waals surface area contributed by atoms with Crippen LogP contribution in [0.4, 0.5) is 0 Å². The minimum Gasteiger partial charge on any atom is -0.368 e. The third-order valence-corrected chi connectivity index (χ3v) is 4.71. The molecular formula is C17H19ClN4O2. The van der Waals surface area contributed by atoms with Gasteiger partial charge >= 0.3 is 0 Å². The molecule has 0 N–H and O–H groups in total. The second-order valence-corrected chi connectivity index (χ2v) is 6.36. The SMILES string of the molecule is COC1(c2cnnn2C)CN(C(=O)/C(C)=C/c2ccccc2Cl)C1. The van der Waals surface area contributed by atoms with Gasteiger partial charge in [-0.05, 0) is 24.6 Å². The summed E-state index contributed by atoms with van der Waals surface area (Å²) in [7, 11) is 3.46. The minimum absolute atomic E-state index is 0.0299. The predicted octanol–water partition coefficient (Wildman–Crippen LogP) is 2.26. The summed E-state index contributed by atoms with van der Waals surface area (Å²) in [5.41, 5.74) is 1.79. The van der Waals surface area contributed by atoms with Crippen molar-refractivity contribution in [3.63, 3.8) is 0 Å². The lowest BCUT2D eigenvalue weighted by atomic mass is 9.89. The Kier molecular flexibility index (Phi) is 4.43. The minimum atomic E-state index is -0.543. The van der Waals surface area contributed by atoms with Crippen LogP contribution in [0.1, 0.15) is 18.2 Å². The lowest BCUT2D eigenvalue weighted by Crippen LogP contribution is -2.63. The first-order valence-corrected chi connectivity index (χ1v) is 7.97. The summed E-state index contributed by atoms with van der Waals surface area (Å²) in [4.78, 5) is 14.4. The van der Waals surface area contributed by atoms with Crippen LogP contribution in [0.3, 0.4) is 0 Å². The van der Waals surface area contributed by atoms with Crippen LogP contribution >= 0.6 is 11.6 Å². The molecule has 1 aromatic heterocycles. The van der Waals surface area contributed by atoms with Gasteiger partial charge in [0.1, 0.15) is 5.60 Å². The number of aryl methyl sites for hydroxylation is 1. The van der Waals surface area contributed by atoms with Crippen molar-refractivity contribution >= 4 is 23.6 Å². The molecule has 1 amide bonds. The average molecular weight is 347 g/mol. The molecule has 3 rings (SSSR count). The van der Waals surface area contributed by atoms with Crippen molar-refractivity contribution in [2.24, 2.45) is 7.05 Å². The highest BCUT2D eigenvalue weighted by Crippen LogP contribution is 2.35. The molecule has 2 aromatic rings. The fourth-order valence-electron chi connectivity index (χ4n) is 2.95. The number of hydrogen-bond acceptors (Lipinski definition) is 4. The van der Waals surface area contributed by atoms with E-state index in [2.05, 4.69) is 10.3 Å². The van der Waals surface area contributed by atoms with E-state index in [0.717, 1.165) is 11.3 Å². The molecule has 0 bridgehead atoms. The second kappa shape index (κ2) is 6.37. The smallest absolute Gasteiger partial charge is 0.249 e. The monoisotopic (exact) mass is 346 g/mol. The topological polar surface area (TPSA) is 60.3 Å². The van der Waals surface area contributed by atoms with Crippen molar-refractivity contribution in [1.29, 1.82) is 0 Å². The maximum absolute atomic E-state index is 12.6. The molecule has 1 saturated heterocycles. The van der Waals surface area contributed by atoms with Gasteiger partial charge in [0.05, 0.1) is 25.0 Å². The summed E-state index contributed by atoms with van der Waals surface area (Å²) in [6.07, 6.45) is 3.49. The first-order valence-electron chi connectivity index (χ1n) is 7.59. The number of nitrogens with zero attached hydrogens (tertiary/aromatic N) is 4. The van der Waals surface area contributed by atoms with Gasteiger partial charge < -0.3 is 9.64 Å². The van der Waals surface area contributed by atoms with E-state index >= 15 is 0 Å². The Hall–Kier alpha value is -2.18. The van der Waals surface area contributed by atoms with Gasteiger partial charge in [0, 0.05) is 24.8 Å². The quantitative estimate of drug-likeness (QED) is 0.797. The van der Waals surface area contributed by atoms with Gasteiger partial charge in [0.25, 0.3) is 0 Å². The van der Waals surface area contributed by atoms with Crippen molar-refractivity contribution in [2.45, 2.75) is 12.5 Å².